The van der Waals surface area contributed by atoms with Crippen LogP contribution in [0.3, 0.4) is 0 Å². The molecule has 1 aliphatic heterocycles. The van der Waals surface area contributed by atoms with Crippen LogP contribution >= 0.6 is 0 Å². The first kappa shape index (κ1) is 12.2. The number of pyridine rings is 1. The molecule has 17 heavy (non-hydrogen) atoms. The lowest BCUT2D eigenvalue weighted by Gasteiger charge is -2.42. The molecule has 4 nitrogen and oxygen atoms in total. The Hall–Kier alpha value is -1.29. The SMILES string of the molecule is Cc1cc(N)cnc1N1CC(C)OC(C)(C)C1. The summed E-state index contributed by atoms with van der Waals surface area (Å²) in [5, 5.41) is 0. The van der Waals surface area contributed by atoms with E-state index in [0.717, 1.165) is 24.5 Å². The van der Waals surface area contributed by atoms with Crippen molar-refractivity contribution in [2.75, 3.05) is 23.7 Å². The molecule has 0 bridgehead atoms. The number of ether oxygens (including phenoxy) is 1. The predicted octanol–water partition coefficient (Wildman–Crippen LogP) is 1.98. The lowest BCUT2D eigenvalue weighted by Crippen LogP contribution is -2.52. The Balaban J connectivity index is 2.27. The first-order chi connectivity index (χ1) is 7.87. The number of morpholine rings is 1. The van der Waals surface area contributed by atoms with Crippen molar-refractivity contribution in [3.05, 3.63) is 17.8 Å². The molecule has 4 heteroatoms. The molecule has 94 valence electrons. The van der Waals surface area contributed by atoms with Gasteiger partial charge >= 0.3 is 0 Å². The predicted molar refractivity (Wildman–Crippen MR) is 70.2 cm³/mol. The quantitative estimate of drug-likeness (QED) is 0.808. The number of nitrogens with two attached hydrogens (primary N) is 1. The molecular formula is C13H21N3O. The monoisotopic (exact) mass is 235 g/mol. The third-order valence-electron chi connectivity index (χ3n) is 2.94. The van der Waals surface area contributed by atoms with Gasteiger partial charge in [0.2, 0.25) is 0 Å². The summed E-state index contributed by atoms with van der Waals surface area (Å²) in [4.78, 5) is 6.73. The maximum absolute atomic E-state index is 5.89. The van der Waals surface area contributed by atoms with Crippen LogP contribution in [-0.2, 0) is 4.74 Å². The molecule has 1 fully saturated rings. The highest BCUT2D eigenvalue weighted by molar-refractivity contribution is 5.53. The number of rotatable bonds is 1. The van der Waals surface area contributed by atoms with Crippen LogP contribution in [0.5, 0.6) is 0 Å². The lowest BCUT2D eigenvalue weighted by molar-refractivity contribution is -0.0751. The second-order valence-corrected chi connectivity index (χ2v) is 5.48. The Morgan fingerprint density at radius 2 is 2.24 bits per heavy atom. The van der Waals surface area contributed by atoms with E-state index >= 15 is 0 Å². The number of hydrogen-bond acceptors (Lipinski definition) is 4. The fourth-order valence-electron chi connectivity index (χ4n) is 2.54. The highest BCUT2D eigenvalue weighted by Gasteiger charge is 2.32. The largest absolute Gasteiger partial charge is 0.397 e. The summed E-state index contributed by atoms with van der Waals surface area (Å²) in [5.41, 5.74) is 7.44. The van der Waals surface area contributed by atoms with E-state index in [0.29, 0.717) is 5.69 Å². The zero-order valence-electron chi connectivity index (χ0n) is 11.0. The Morgan fingerprint density at radius 1 is 1.53 bits per heavy atom. The molecule has 1 unspecified atom stereocenters. The Morgan fingerprint density at radius 3 is 2.82 bits per heavy atom. The Labute approximate surface area is 103 Å². The van der Waals surface area contributed by atoms with Gasteiger partial charge in [-0.25, -0.2) is 4.98 Å². The van der Waals surface area contributed by atoms with Gasteiger partial charge in [-0.3, -0.25) is 0 Å². The summed E-state index contributed by atoms with van der Waals surface area (Å²) >= 11 is 0. The van der Waals surface area contributed by atoms with Crippen molar-refractivity contribution in [1.29, 1.82) is 0 Å². The summed E-state index contributed by atoms with van der Waals surface area (Å²) in [6.45, 7) is 10.1. The summed E-state index contributed by atoms with van der Waals surface area (Å²) in [6.07, 6.45) is 1.94. The molecule has 2 N–H and O–H groups in total. The smallest absolute Gasteiger partial charge is 0.131 e. The summed E-state index contributed by atoms with van der Waals surface area (Å²) in [6, 6.07) is 1.97. The molecule has 0 saturated carbocycles. The molecule has 1 aromatic rings. The van der Waals surface area contributed by atoms with Crippen LogP contribution in [0.15, 0.2) is 12.3 Å². The number of aromatic nitrogens is 1. The van der Waals surface area contributed by atoms with Crippen LogP contribution in [0.2, 0.25) is 0 Å². The topological polar surface area (TPSA) is 51.4 Å². The maximum atomic E-state index is 5.89. The summed E-state index contributed by atoms with van der Waals surface area (Å²) in [5.74, 6) is 1.02. The zero-order valence-corrected chi connectivity index (χ0v) is 11.0. The van der Waals surface area contributed by atoms with E-state index in [1.807, 2.05) is 13.0 Å². The van der Waals surface area contributed by atoms with E-state index in [-0.39, 0.29) is 11.7 Å². The fourth-order valence-corrected chi connectivity index (χ4v) is 2.54. The Bertz CT molecular complexity index is 417. The van der Waals surface area contributed by atoms with E-state index in [2.05, 4.69) is 30.7 Å². The molecule has 1 aliphatic rings. The van der Waals surface area contributed by atoms with Crippen molar-refractivity contribution in [1.82, 2.24) is 4.98 Å². The van der Waals surface area contributed by atoms with Gasteiger partial charge in [0.05, 0.1) is 23.6 Å². The third kappa shape index (κ3) is 2.69. The van der Waals surface area contributed by atoms with Crippen LogP contribution in [0.25, 0.3) is 0 Å². The van der Waals surface area contributed by atoms with Gasteiger partial charge in [-0.15, -0.1) is 0 Å². The molecule has 1 atom stereocenters. The van der Waals surface area contributed by atoms with E-state index in [1.165, 1.54) is 0 Å². The highest BCUT2D eigenvalue weighted by atomic mass is 16.5. The molecule has 0 amide bonds. The Kier molecular flexibility index (Phi) is 3.00. The van der Waals surface area contributed by atoms with Gasteiger partial charge in [-0.05, 0) is 39.3 Å². The normalized spacial score (nSPS) is 23.8. The van der Waals surface area contributed by atoms with E-state index < -0.39 is 0 Å². The first-order valence-electron chi connectivity index (χ1n) is 6.02. The highest BCUT2D eigenvalue weighted by Crippen LogP contribution is 2.27. The first-order valence-corrected chi connectivity index (χ1v) is 6.02. The summed E-state index contributed by atoms with van der Waals surface area (Å²) in [7, 11) is 0. The van der Waals surface area contributed by atoms with Crippen LogP contribution in [0.1, 0.15) is 26.3 Å². The molecule has 0 aromatic carbocycles. The van der Waals surface area contributed by atoms with E-state index in [9.17, 15) is 0 Å². The standard InChI is InChI=1S/C13H21N3O/c1-9-5-11(14)6-15-12(9)16-7-10(2)17-13(3,4)8-16/h5-6,10H,7-8,14H2,1-4H3. The van der Waals surface area contributed by atoms with Crippen LogP contribution < -0.4 is 10.6 Å². The van der Waals surface area contributed by atoms with Gasteiger partial charge < -0.3 is 15.4 Å². The molecule has 0 spiro atoms. The summed E-state index contributed by atoms with van der Waals surface area (Å²) < 4.78 is 5.89. The van der Waals surface area contributed by atoms with Gasteiger partial charge in [0.15, 0.2) is 0 Å². The number of aryl methyl sites for hydroxylation is 1. The average Bonchev–Trinajstić information content (AvgIpc) is 2.13. The van der Waals surface area contributed by atoms with Gasteiger partial charge in [-0.2, -0.15) is 0 Å². The number of nitrogens with zero attached hydrogens (tertiary/aromatic N) is 2. The fraction of sp³-hybridized carbons (Fsp3) is 0.615. The number of anilines is 2. The van der Waals surface area contributed by atoms with E-state index in [4.69, 9.17) is 10.5 Å². The molecule has 2 rings (SSSR count). The van der Waals surface area contributed by atoms with Crippen LogP contribution in [0.4, 0.5) is 11.5 Å². The second kappa shape index (κ2) is 4.18. The second-order valence-electron chi connectivity index (χ2n) is 5.48. The molecule has 0 aliphatic carbocycles. The molecule has 1 saturated heterocycles. The number of nitrogen functional groups attached to an aromatic ring is 1. The zero-order chi connectivity index (χ0) is 12.6. The van der Waals surface area contributed by atoms with Gasteiger partial charge in [0.25, 0.3) is 0 Å². The van der Waals surface area contributed by atoms with Gasteiger partial charge in [0, 0.05) is 13.1 Å². The minimum Gasteiger partial charge on any atom is -0.397 e. The third-order valence-corrected chi connectivity index (χ3v) is 2.94. The lowest BCUT2D eigenvalue weighted by atomic mass is 10.0. The molecule has 1 aromatic heterocycles. The van der Waals surface area contributed by atoms with E-state index in [1.54, 1.807) is 6.20 Å². The average molecular weight is 235 g/mol. The number of hydrogen-bond donors (Lipinski definition) is 1. The van der Waals surface area contributed by atoms with Crippen molar-refractivity contribution >= 4 is 11.5 Å². The van der Waals surface area contributed by atoms with Crippen LogP contribution in [0, 0.1) is 6.92 Å². The van der Waals surface area contributed by atoms with Crippen molar-refractivity contribution < 1.29 is 4.74 Å². The minimum absolute atomic E-state index is 0.132. The molecular weight excluding hydrogens is 214 g/mol. The van der Waals surface area contributed by atoms with Gasteiger partial charge in [0.1, 0.15) is 5.82 Å². The van der Waals surface area contributed by atoms with Crippen LogP contribution in [-0.4, -0.2) is 29.8 Å². The molecule has 0 radical (unpaired) electrons. The van der Waals surface area contributed by atoms with Crippen molar-refractivity contribution in [3.63, 3.8) is 0 Å². The van der Waals surface area contributed by atoms with Crippen molar-refractivity contribution in [2.45, 2.75) is 39.4 Å². The molecule has 2 heterocycles. The minimum atomic E-state index is -0.132. The van der Waals surface area contributed by atoms with Crippen molar-refractivity contribution in [3.8, 4) is 0 Å². The van der Waals surface area contributed by atoms with Gasteiger partial charge in [-0.1, -0.05) is 0 Å². The van der Waals surface area contributed by atoms with Crippen molar-refractivity contribution in [2.24, 2.45) is 0 Å². The maximum Gasteiger partial charge on any atom is 0.131 e.